The van der Waals surface area contributed by atoms with E-state index < -0.39 is 28.8 Å². The number of hydrogen-bond donors (Lipinski definition) is 2. The summed E-state index contributed by atoms with van der Waals surface area (Å²) in [6, 6.07) is 0. The van der Waals surface area contributed by atoms with Crippen LogP contribution in [0.5, 0.6) is 0 Å². The van der Waals surface area contributed by atoms with Crippen molar-refractivity contribution in [1.29, 1.82) is 0 Å². The van der Waals surface area contributed by atoms with Crippen LogP contribution in [0.15, 0.2) is 0 Å². The molecular formula is C15H28NO7PS2. The maximum Gasteiger partial charge on any atom is 0.320 e. The fourth-order valence-corrected chi connectivity index (χ4v) is 6.75. The monoisotopic (exact) mass is 429 g/mol. The second-order valence-corrected chi connectivity index (χ2v) is 12.0. The number of carboxylic acid groups (broad SMARTS) is 1. The average Bonchev–Trinajstić information content (AvgIpc) is 2.57. The molecule has 8 nitrogen and oxygen atoms in total. The molecule has 0 bridgehead atoms. The maximum atomic E-state index is 12.1. The highest BCUT2D eigenvalue weighted by molar-refractivity contribution is 8.69. The molecule has 0 spiro atoms. The number of carboxylic acids is 1. The molecule has 0 saturated carbocycles. The molecule has 2 unspecified atom stereocenters. The molecule has 0 aliphatic carbocycles. The highest BCUT2D eigenvalue weighted by atomic mass is 32.9. The Labute approximate surface area is 163 Å². The first-order valence-electron chi connectivity index (χ1n) is 8.41. The third-order valence-electron chi connectivity index (χ3n) is 3.09. The summed E-state index contributed by atoms with van der Waals surface area (Å²) < 4.78 is 15.3. The largest absolute Gasteiger partial charge is 0.481 e. The Morgan fingerprint density at radius 2 is 1.81 bits per heavy atom. The lowest BCUT2D eigenvalue weighted by atomic mass is 10.2. The van der Waals surface area contributed by atoms with Crippen LogP contribution in [-0.2, 0) is 40.2 Å². The molecule has 0 aliphatic rings. The van der Waals surface area contributed by atoms with E-state index in [-0.39, 0.29) is 26.1 Å². The van der Waals surface area contributed by atoms with Crippen LogP contribution >= 0.6 is 17.0 Å². The molecule has 152 valence electrons. The number of carbonyl (C=O) groups is 3. The number of rotatable bonds is 15. The van der Waals surface area contributed by atoms with Crippen LogP contribution in [0.1, 0.15) is 46.0 Å². The summed E-state index contributed by atoms with van der Waals surface area (Å²) in [5, 5.41) is 10.9. The van der Waals surface area contributed by atoms with Gasteiger partial charge in [-0.3, -0.25) is 19.5 Å². The topological polar surface area (TPSA) is 111 Å². The van der Waals surface area contributed by atoms with Crippen molar-refractivity contribution < 1.29 is 33.5 Å². The van der Waals surface area contributed by atoms with E-state index in [1.165, 1.54) is 7.11 Å². The van der Waals surface area contributed by atoms with Crippen LogP contribution < -0.4 is 5.09 Å². The molecule has 0 saturated heterocycles. The highest BCUT2D eigenvalue weighted by Gasteiger charge is 2.31. The summed E-state index contributed by atoms with van der Waals surface area (Å²) in [5.74, 6) is -1.84. The number of unbranched alkanes of at least 4 members (excludes halogenated alkanes) is 2. The zero-order valence-electron chi connectivity index (χ0n) is 15.4. The first-order chi connectivity index (χ1) is 12.3. The third kappa shape index (κ3) is 11.9. The first kappa shape index (κ1) is 25.3. The summed E-state index contributed by atoms with van der Waals surface area (Å²) in [6.07, 6.45) is 2.07. The molecule has 26 heavy (non-hydrogen) atoms. The summed E-state index contributed by atoms with van der Waals surface area (Å²) in [7, 11) is 1.46. The Bertz CT molecular complexity index is 504. The Kier molecular flexibility index (Phi) is 14.0. The van der Waals surface area contributed by atoms with Gasteiger partial charge in [0.1, 0.15) is 5.25 Å². The molecular weight excluding hydrogens is 401 g/mol. The molecule has 0 aromatic rings. The van der Waals surface area contributed by atoms with E-state index in [0.717, 1.165) is 24.2 Å². The smallest absolute Gasteiger partial charge is 0.320 e. The van der Waals surface area contributed by atoms with Crippen molar-refractivity contribution in [3.05, 3.63) is 0 Å². The van der Waals surface area contributed by atoms with E-state index in [9.17, 15) is 14.4 Å². The quantitative estimate of drug-likeness (QED) is 0.229. The molecule has 0 heterocycles. The Morgan fingerprint density at radius 1 is 1.15 bits per heavy atom. The lowest BCUT2D eigenvalue weighted by Gasteiger charge is -2.24. The second kappa shape index (κ2) is 14.4. The van der Waals surface area contributed by atoms with E-state index in [0.29, 0.717) is 13.0 Å². The van der Waals surface area contributed by atoms with Gasteiger partial charge in [-0.25, -0.2) is 0 Å². The minimum Gasteiger partial charge on any atom is -0.481 e. The number of carbonyl (C=O) groups excluding carboxylic acids is 2. The minimum atomic E-state index is -2.60. The minimum absolute atomic E-state index is 0.137. The third-order valence-corrected chi connectivity index (χ3v) is 9.11. The Hall–Kier alpha value is -0.670. The van der Waals surface area contributed by atoms with Crippen molar-refractivity contribution >= 4 is 46.7 Å². The molecule has 2 atom stereocenters. The van der Waals surface area contributed by atoms with Gasteiger partial charge in [-0.05, 0) is 38.5 Å². The van der Waals surface area contributed by atoms with Gasteiger partial charge in [0.2, 0.25) is 0 Å². The molecule has 0 amide bonds. The lowest BCUT2D eigenvalue weighted by Crippen LogP contribution is -2.26. The molecule has 2 N–H and O–H groups in total. The zero-order chi connectivity index (χ0) is 20.0. The van der Waals surface area contributed by atoms with Crippen LogP contribution in [0.4, 0.5) is 0 Å². The first-order valence-corrected chi connectivity index (χ1v) is 12.6. The van der Waals surface area contributed by atoms with Crippen LogP contribution in [0.2, 0.25) is 0 Å². The van der Waals surface area contributed by atoms with Crippen molar-refractivity contribution in [3.63, 3.8) is 0 Å². The van der Waals surface area contributed by atoms with E-state index in [2.05, 4.69) is 5.09 Å². The van der Waals surface area contributed by atoms with Crippen LogP contribution in [-0.4, -0.2) is 55.1 Å². The van der Waals surface area contributed by atoms with Crippen molar-refractivity contribution in [2.45, 2.75) is 51.2 Å². The fraction of sp³-hybridized carbons (Fsp3) is 0.800. The van der Waals surface area contributed by atoms with Crippen molar-refractivity contribution in [2.24, 2.45) is 0 Å². The average molecular weight is 429 g/mol. The van der Waals surface area contributed by atoms with Crippen molar-refractivity contribution in [2.75, 3.05) is 26.9 Å². The highest BCUT2D eigenvalue weighted by Crippen LogP contribution is 2.58. The van der Waals surface area contributed by atoms with Crippen molar-refractivity contribution in [1.82, 2.24) is 5.09 Å². The number of esters is 2. The zero-order valence-corrected chi connectivity index (χ0v) is 17.9. The molecule has 11 heteroatoms. The molecule has 0 radical (unpaired) electrons. The number of nitrogens with one attached hydrogen (secondary N) is 1. The van der Waals surface area contributed by atoms with Crippen LogP contribution in [0.25, 0.3) is 0 Å². The van der Waals surface area contributed by atoms with Gasteiger partial charge in [-0.15, -0.1) is 0 Å². The molecule has 0 fully saturated rings. The van der Waals surface area contributed by atoms with E-state index >= 15 is 0 Å². The lowest BCUT2D eigenvalue weighted by molar-refractivity contribution is -0.149. The summed E-state index contributed by atoms with van der Waals surface area (Å²) in [4.78, 5) is 34.4. The van der Waals surface area contributed by atoms with Gasteiger partial charge in [0.25, 0.3) is 0 Å². The summed E-state index contributed by atoms with van der Waals surface area (Å²) in [6.45, 7) is 4.34. The fourth-order valence-electron chi connectivity index (χ4n) is 1.88. The predicted octanol–water partition coefficient (Wildman–Crippen LogP) is 2.71. The number of aliphatic carboxylic acids is 1. The summed E-state index contributed by atoms with van der Waals surface area (Å²) >= 11 is 6.59. The predicted molar refractivity (Wildman–Crippen MR) is 105 cm³/mol. The van der Waals surface area contributed by atoms with Gasteiger partial charge >= 0.3 is 17.9 Å². The standard InChI is InChI=1S/C15H28NO7PS2/c1-4-22-14(19)11-12(15(20)23-5-2)26-24(25,21-3)16-10-8-6-7-9-13(17)18/h12H,4-11H2,1-3H3,(H,16,25)(H,17,18). The Balaban J connectivity index is 4.66. The van der Waals surface area contributed by atoms with Gasteiger partial charge in [-0.2, -0.15) is 0 Å². The van der Waals surface area contributed by atoms with E-state index in [4.69, 9.17) is 30.9 Å². The van der Waals surface area contributed by atoms with Crippen molar-refractivity contribution in [3.8, 4) is 0 Å². The Morgan fingerprint density at radius 3 is 2.35 bits per heavy atom. The van der Waals surface area contributed by atoms with Gasteiger partial charge in [0.05, 0.1) is 19.6 Å². The van der Waals surface area contributed by atoms with Crippen LogP contribution in [0, 0.1) is 0 Å². The van der Waals surface area contributed by atoms with E-state index in [1.807, 2.05) is 0 Å². The van der Waals surface area contributed by atoms with Crippen LogP contribution in [0.3, 0.4) is 0 Å². The van der Waals surface area contributed by atoms with E-state index in [1.54, 1.807) is 13.8 Å². The maximum absolute atomic E-state index is 12.1. The number of hydrogen-bond acceptors (Lipinski definition) is 8. The number of ether oxygens (including phenoxy) is 2. The van der Waals surface area contributed by atoms with Gasteiger partial charge in [0.15, 0.2) is 5.62 Å². The molecule has 0 rings (SSSR count). The molecule has 0 aromatic carbocycles. The van der Waals surface area contributed by atoms with Gasteiger partial charge < -0.3 is 19.1 Å². The van der Waals surface area contributed by atoms with Gasteiger partial charge in [-0.1, -0.05) is 17.8 Å². The molecule has 0 aliphatic heterocycles. The SMILES string of the molecule is CCOC(=O)CC(SP(=S)(NCCCCCC(=O)O)OC)C(=O)OCC. The second-order valence-electron chi connectivity index (χ2n) is 5.15. The summed E-state index contributed by atoms with van der Waals surface area (Å²) in [5.41, 5.74) is -2.60. The molecule has 0 aromatic heterocycles. The van der Waals surface area contributed by atoms with Gasteiger partial charge in [0, 0.05) is 20.1 Å². The normalized spacial score (nSPS) is 14.3.